The lowest BCUT2D eigenvalue weighted by Gasteiger charge is -2.16. The largest absolute Gasteiger partial charge is 0.494 e. The number of carbonyl (C=O) groups excluding carboxylic acids is 1. The standard InChI is InChI=1S/C15H15N3O4S/c1-2-22-11-5-3-10(4-6-11)18-23(20,21)12-7-8-13-14(9-12)17-15(19)16-13/h3-9,12,18H,2H2,1H3,(H,17,19). The van der Waals surface area contributed by atoms with Crippen LogP contribution in [0.15, 0.2) is 53.2 Å². The Balaban J connectivity index is 1.76. The monoisotopic (exact) mass is 333 g/mol. The van der Waals surface area contributed by atoms with Crippen LogP contribution in [0.4, 0.5) is 10.5 Å². The molecule has 0 radical (unpaired) electrons. The van der Waals surface area contributed by atoms with E-state index in [1.54, 1.807) is 24.3 Å². The summed E-state index contributed by atoms with van der Waals surface area (Å²) in [4.78, 5) is 14.9. The predicted molar refractivity (Wildman–Crippen MR) is 87.1 cm³/mol. The molecule has 2 aliphatic rings. The minimum atomic E-state index is -3.68. The fourth-order valence-electron chi connectivity index (χ4n) is 2.25. The molecule has 1 atom stereocenters. The van der Waals surface area contributed by atoms with Crippen molar-refractivity contribution >= 4 is 27.5 Å². The summed E-state index contributed by atoms with van der Waals surface area (Å²) in [5.41, 5.74) is 1.30. The Kier molecular flexibility index (Phi) is 3.91. The van der Waals surface area contributed by atoms with Crippen LogP contribution in [0.1, 0.15) is 6.92 Å². The highest BCUT2D eigenvalue weighted by Crippen LogP contribution is 2.21. The summed E-state index contributed by atoms with van der Waals surface area (Å²) in [6.45, 7) is 2.42. The van der Waals surface area contributed by atoms with Crippen molar-refractivity contribution in [2.24, 2.45) is 4.99 Å². The minimum Gasteiger partial charge on any atom is -0.494 e. The van der Waals surface area contributed by atoms with Gasteiger partial charge in [-0.2, -0.15) is 4.99 Å². The Bertz CT molecular complexity index is 823. The first-order valence-electron chi connectivity index (χ1n) is 7.02. The highest BCUT2D eigenvalue weighted by molar-refractivity contribution is 7.93. The Morgan fingerprint density at radius 2 is 2.04 bits per heavy atom. The number of benzene rings is 1. The smallest absolute Gasteiger partial charge is 0.346 e. The van der Waals surface area contributed by atoms with E-state index in [4.69, 9.17) is 4.74 Å². The Hall–Kier alpha value is -2.61. The van der Waals surface area contributed by atoms with E-state index in [1.807, 2.05) is 6.92 Å². The molecule has 8 heteroatoms. The molecule has 0 saturated carbocycles. The maximum Gasteiger partial charge on any atom is 0.346 e. The molecule has 23 heavy (non-hydrogen) atoms. The molecule has 1 aromatic rings. The van der Waals surface area contributed by atoms with E-state index in [1.165, 1.54) is 18.2 Å². The number of aliphatic imine (C=N–C) groups is 1. The Morgan fingerprint density at radius 3 is 2.74 bits per heavy atom. The Morgan fingerprint density at radius 1 is 1.30 bits per heavy atom. The van der Waals surface area contributed by atoms with Crippen molar-refractivity contribution in [2.75, 3.05) is 11.3 Å². The molecule has 0 fully saturated rings. The second-order valence-electron chi connectivity index (χ2n) is 4.94. The van der Waals surface area contributed by atoms with E-state index in [-0.39, 0.29) is 0 Å². The van der Waals surface area contributed by atoms with Crippen molar-refractivity contribution in [3.05, 3.63) is 48.2 Å². The molecule has 120 valence electrons. The number of hydrogen-bond acceptors (Lipinski definition) is 4. The van der Waals surface area contributed by atoms with E-state index in [9.17, 15) is 13.2 Å². The molecule has 7 nitrogen and oxygen atoms in total. The van der Waals surface area contributed by atoms with Gasteiger partial charge >= 0.3 is 6.03 Å². The summed E-state index contributed by atoms with van der Waals surface area (Å²) < 4.78 is 32.7. The summed E-state index contributed by atoms with van der Waals surface area (Å²) in [7, 11) is -3.68. The maximum absolute atomic E-state index is 12.4. The van der Waals surface area contributed by atoms with Gasteiger partial charge in [0.25, 0.3) is 0 Å². The van der Waals surface area contributed by atoms with Gasteiger partial charge in [0.05, 0.1) is 18.0 Å². The lowest BCUT2D eigenvalue weighted by atomic mass is 10.1. The quantitative estimate of drug-likeness (QED) is 0.859. The van der Waals surface area contributed by atoms with Gasteiger partial charge in [0, 0.05) is 5.69 Å². The number of hydrogen-bond donors (Lipinski definition) is 2. The van der Waals surface area contributed by atoms with Crippen LogP contribution >= 0.6 is 0 Å². The van der Waals surface area contributed by atoms with Crippen LogP contribution < -0.4 is 14.8 Å². The average molecular weight is 333 g/mol. The number of allylic oxidation sites excluding steroid dienone is 1. The number of nitrogens with one attached hydrogen (secondary N) is 2. The van der Waals surface area contributed by atoms with Crippen molar-refractivity contribution in [3.8, 4) is 5.75 Å². The first-order chi connectivity index (χ1) is 11.0. The van der Waals surface area contributed by atoms with Gasteiger partial charge in [-0.05, 0) is 43.3 Å². The normalized spacial score (nSPS) is 19.5. The number of amides is 2. The number of rotatable bonds is 5. The second kappa shape index (κ2) is 5.88. The molecule has 2 N–H and O–H groups in total. The van der Waals surface area contributed by atoms with Gasteiger partial charge in [0.2, 0.25) is 10.0 Å². The molecular weight excluding hydrogens is 318 g/mol. The van der Waals surface area contributed by atoms with Crippen molar-refractivity contribution in [1.29, 1.82) is 0 Å². The van der Waals surface area contributed by atoms with Crippen LogP contribution in [0.2, 0.25) is 0 Å². The number of ether oxygens (including phenoxy) is 1. The van der Waals surface area contributed by atoms with Crippen LogP contribution in [0.25, 0.3) is 0 Å². The van der Waals surface area contributed by atoms with Gasteiger partial charge in [-0.15, -0.1) is 0 Å². The first kappa shape index (κ1) is 15.3. The summed E-state index contributed by atoms with van der Waals surface area (Å²) in [5.74, 6) is 0.671. The molecular formula is C15H15N3O4S. The van der Waals surface area contributed by atoms with Crippen LogP contribution in [-0.2, 0) is 10.0 Å². The zero-order valence-electron chi connectivity index (χ0n) is 12.3. The molecule has 1 aliphatic heterocycles. The molecule has 1 unspecified atom stereocenters. The molecule has 3 rings (SSSR count). The lowest BCUT2D eigenvalue weighted by molar-refractivity contribution is 0.253. The summed E-state index contributed by atoms with van der Waals surface area (Å²) >= 11 is 0. The minimum absolute atomic E-state index is 0.416. The van der Waals surface area contributed by atoms with Gasteiger partial charge in [-0.3, -0.25) is 4.72 Å². The molecule has 2 amide bonds. The zero-order chi connectivity index (χ0) is 16.4. The van der Waals surface area contributed by atoms with Crippen LogP contribution in [0, 0.1) is 0 Å². The van der Waals surface area contributed by atoms with Gasteiger partial charge in [-0.25, -0.2) is 13.2 Å². The lowest BCUT2D eigenvalue weighted by Crippen LogP contribution is -2.29. The van der Waals surface area contributed by atoms with E-state index >= 15 is 0 Å². The highest BCUT2D eigenvalue weighted by Gasteiger charge is 2.28. The van der Waals surface area contributed by atoms with E-state index < -0.39 is 21.3 Å². The SMILES string of the molecule is CCOc1ccc(NS(=O)(=O)C2C=CC3=NC(=O)NC3=C2)cc1. The third kappa shape index (κ3) is 3.26. The van der Waals surface area contributed by atoms with Gasteiger partial charge < -0.3 is 10.1 Å². The summed E-state index contributed by atoms with van der Waals surface area (Å²) in [5, 5.41) is 1.61. The van der Waals surface area contributed by atoms with Crippen LogP contribution in [0.5, 0.6) is 5.75 Å². The van der Waals surface area contributed by atoms with Gasteiger partial charge in [0.1, 0.15) is 11.0 Å². The summed E-state index contributed by atoms with van der Waals surface area (Å²) in [6, 6.07) is 6.16. The van der Waals surface area contributed by atoms with Crippen LogP contribution in [-0.4, -0.2) is 32.0 Å². The van der Waals surface area contributed by atoms with E-state index in [2.05, 4.69) is 15.0 Å². The molecule has 1 aromatic carbocycles. The van der Waals surface area contributed by atoms with E-state index in [0.717, 1.165) is 0 Å². The highest BCUT2D eigenvalue weighted by atomic mass is 32.2. The Labute approximate surface area is 133 Å². The topological polar surface area (TPSA) is 96.9 Å². The summed E-state index contributed by atoms with van der Waals surface area (Å²) in [6.07, 6.45) is 4.47. The molecule has 0 spiro atoms. The van der Waals surface area contributed by atoms with E-state index in [0.29, 0.717) is 29.5 Å². The third-order valence-electron chi connectivity index (χ3n) is 3.30. The maximum atomic E-state index is 12.4. The van der Waals surface area contributed by atoms with Crippen LogP contribution in [0.3, 0.4) is 0 Å². The number of sulfonamides is 1. The number of urea groups is 1. The third-order valence-corrected chi connectivity index (χ3v) is 4.83. The fraction of sp³-hybridized carbons (Fsp3) is 0.200. The molecule has 0 bridgehead atoms. The number of carbonyl (C=O) groups is 1. The number of fused-ring (bicyclic) bond motifs is 1. The van der Waals surface area contributed by atoms with Gasteiger partial charge in [-0.1, -0.05) is 6.08 Å². The molecule has 0 saturated heterocycles. The zero-order valence-corrected chi connectivity index (χ0v) is 13.1. The molecule has 0 aromatic heterocycles. The average Bonchev–Trinajstić information content (AvgIpc) is 2.88. The molecule has 1 aliphatic carbocycles. The number of anilines is 1. The first-order valence-corrected chi connectivity index (χ1v) is 8.57. The number of nitrogens with zero attached hydrogens (tertiary/aromatic N) is 1. The van der Waals surface area contributed by atoms with Crippen molar-refractivity contribution in [2.45, 2.75) is 12.2 Å². The van der Waals surface area contributed by atoms with Crippen molar-refractivity contribution in [1.82, 2.24) is 5.32 Å². The molecule has 1 heterocycles. The fourth-order valence-corrected chi connectivity index (χ4v) is 3.45. The van der Waals surface area contributed by atoms with Crippen molar-refractivity contribution < 1.29 is 17.9 Å². The predicted octanol–water partition coefficient (Wildman–Crippen LogP) is 1.81. The van der Waals surface area contributed by atoms with Gasteiger partial charge in [0.15, 0.2) is 0 Å². The second-order valence-corrected chi connectivity index (χ2v) is 6.77. The van der Waals surface area contributed by atoms with Crippen molar-refractivity contribution in [3.63, 3.8) is 0 Å².